The predicted octanol–water partition coefficient (Wildman–Crippen LogP) is 7.00. The standard InChI is InChI=1S/C30H37O2P/c1-20-14-15-26(24(16-20)21(2)31)33-27-18-23(29(3,4)5)17-25(30(6,7)8)28(27)32-19-22-12-10-9-11-13-22/h9-18,33H,19H2,1-8H3. The van der Waals surface area contributed by atoms with E-state index < -0.39 is 0 Å². The summed E-state index contributed by atoms with van der Waals surface area (Å²) in [5, 5.41) is 2.23. The van der Waals surface area contributed by atoms with E-state index in [4.69, 9.17) is 4.74 Å². The second-order valence-electron chi connectivity index (χ2n) is 10.9. The quantitative estimate of drug-likeness (QED) is 0.292. The van der Waals surface area contributed by atoms with E-state index in [-0.39, 0.29) is 16.6 Å². The van der Waals surface area contributed by atoms with Gasteiger partial charge in [0, 0.05) is 16.4 Å². The van der Waals surface area contributed by atoms with Crippen molar-refractivity contribution in [3.8, 4) is 5.75 Å². The fourth-order valence-electron chi connectivity index (χ4n) is 3.80. The highest BCUT2D eigenvalue weighted by atomic mass is 31.1. The van der Waals surface area contributed by atoms with Gasteiger partial charge in [-0.2, -0.15) is 0 Å². The molecule has 0 aromatic heterocycles. The summed E-state index contributed by atoms with van der Waals surface area (Å²) in [6.07, 6.45) is 0. The number of carbonyl (C=O) groups excluding carboxylic acids is 1. The molecular formula is C30H37O2P. The zero-order valence-corrected chi connectivity index (χ0v) is 22.3. The molecule has 0 saturated carbocycles. The average molecular weight is 461 g/mol. The van der Waals surface area contributed by atoms with Crippen LogP contribution in [0.3, 0.4) is 0 Å². The van der Waals surface area contributed by atoms with E-state index in [1.54, 1.807) is 6.92 Å². The largest absolute Gasteiger partial charge is 0.488 e. The van der Waals surface area contributed by atoms with Crippen LogP contribution in [0.25, 0.3) is 0 Å². The van der Waals surface area contributed by atoms with Crippen molar-refractivity contribution in [2.45, 2.75) is 72.8 Å². The van der Waals surface area contributed by atoms with Gasteiger partial charge < -0.3 is 4.74 Å². The molecule has 0 radical (unpaired) electrons. The molecule has 0 saturated heterocycles. The number of hydrogen-bond donors (Lipinski definition) is 0. The molecular weight excluding hydrogens is 423 g/mol. The molecule has 33 heavy (non-hydrogen) atoms. The third-order valence-corrected chi connectivity index (χ3v) is 7.16. The van der Waals surface area contributed by atoms with Crippen molar-refractivity contribution in [2.24, 2.45) is 0 Å². The number of ketones is 1. The van der Waals surface area contributed by atoms with Crippen LogP contribution in [0.2, 0.25) is 0 Å². The molecule has 3 heteroatoms. The van der Waals surface area contributed by atoms with Crippen molar-refractivity contribution in [1.82, 2.24) is 0 Å². The molecule has 0 N–H and O–H groups in total. The number of aryl methyl sites for hydroxylation is 1. The summed E-state index contributed by atoms with van der Waals surface area (Å²) in [5.74, 6) is 1.06. The zero-order valence-electron chi connectivity index (χ0n) is 21.3. The first-order valence-electron chi connectivity index (χ1n) is 11.6. The number of hydrogen-bond acceptors (Lipinski definition) is 2. The number of Topliss-reactive ketones (excluding diaryl/α,β-unsaturated/α-hetero) is 1. The maximum Gasteiger partial charge on any atom is 0.160 e. The number of rotatable bonds is 6. The Morgan fingerprint density at radius 1 is 0.848 bits per heavy atom. The molecule has 0 aliphatic carbocycles. The van der Waals surface area contributed by atoms with Gasteiger partial charge in [-0.25, -0.2) is 0 Å². The van der Waals surface area contributed by atoms with Gasteiger partial charge >= 0.3 is 0 Å². The SMILES string of the molecule is CC(=O)c1cc(C)ccc1Pc1cc(C(C)(C)C)cc(C(C)(C)C)c1OCc1ccccc1. The maximum absolute atomic E-state index is 12.4. The molecule has 0 spiro atoms. The summed E-state index contributed by atoms with van der Waals surface area (Å²) in [6.45, 7) is 17.7. The second kappa shape index (κ2) is 9.82. The van der Waals surface area contributed by atoms with Crippen LogP contribution < -0.4 is 15.3 Å². The van der Waals surface area contributed by atoms with Gasteiger partial charge in [-0.05, 0) is 53.2 Å². The predicted molar refractivity (Wildman–Crippen MR) is 143 cm³/mol. The second-order valence-corrected chi connectivity index (χ2v) is 12.2. The van der Waals surface area contributed by atoms with Gasteiger partial charge in [0.15, 0.2) is 5.78 Å². The van der Waals surface area contributed by atoms with Crippen LogP contribution in [0.1, 0.15) is 81.1 Å². The van der Waals surface area contributed by atoms with Crippen molar-refractivity contribution in [1.29, 1.82) is 0 Å². The summed E-state index contributed by atoms with van der Waals surface area (Å²) in [4.78, 5) is 12.4. The zero-order chi connectivity index (χ0) is 24.4. The Kier molecular flexibility index (Phi) is 7.49. The minimum atomic E-state index is -0.0802. The van der Waals surface area contributed by atoms with Crippen molar-refractivity contribution >= 4 is 25.0 Å². The van der Waals surface area contributed by atoms with E-state index in [1.165, 1.54) is 11.1 Å². The van der Waals surface area contributed by atoms with E-state index in [9.17, 15) is 4.79 Å². The molecule has 0 aliphatic heterocycles. The summed E-state index contributed by atoms with van der Waals surface area (Å²) >= 11 is 0. The van der Waals surface area contributed by atoms with Crippen molar-refractivity contribution < 1.29 is 9.53 Å². The van der Waals surface area contributed by atoms with Crippen LogP contribution in [-0.4, -0.2) is 5.78 Å². The molecule has 174 valence electrons. The maximum atomic E-state index is 12.4. The smallest absolute Gasteiger partial charge is 0.160 e. The first kappa shape index (κ1) is 25.2. The third-order valence-electron chi connectivity index (χ3n) is 5.81. The van der Waals surface area contributed by atoms with E-state index in [1.807, 2.05) is 31.2 Å². The molecule has 0 fully saturated rings. The fourth-order valence-corrected chi connectivity index (χ4v) is 5.19. The Labute approximate surface area is 201 Å². The van der Waals surface area contributed by atoms with E-state index in [2.05, 4.69) is 77.9 Å². The molecule has 3 aromatic rings. The topological polar surface area (TPSA) is 26.3 Å². The molecule has 2 nitrogen and oxygen atoms in total. The van der Waals surface area contributed by atoms with Crippen LogP contribution in [0.5, 0.6) is 5.75 Å². The highest BCUT2D eigenvalue weighted by Crippen LogP contribution is 2.38. The third kappa shape index (κ3) is 6.33. The normalized spacial score (nSPS) is 12.4. The van der Waals surface area contributed by atoms with Crippen LogP contribution in [0, 0.1) is 6.92 Å². The lowest BCUT2D eigenvalue weighted by Gasteiger charge is -2.29. The molecule has 1 unspecified atom stereocenters. The lowest BCUT2D eigenvalue weighted by atomic mass is 9.80. The van der Waals surface area contributed by atoms with Crippen LogP contribution >= 0.6 is 8.58 Å². The lowest BCUT2D eigenvalue weighted by Crippen LogP contribution is -2.23. The van der Waals surface area contributed by atoms with E-state index in [0.29, 0.717) is 15.2 Å². The summed E-state index contributed by atoms with van der Waals surface area (Å²) < 4.78 is 6.57. The molecule has 0 aliphatic rings. The Balaban J connectivity index is 2.18. The van der Waals surface area contributed by atoms with Gasteiger partial charge in [0.25, 0.3) is 0 Å². The summed E-state index contributed by atoms with van der Waals surface area (Å²) in [6, 6.07) is 21.1. The first-order chi connectivity index (χ1) is 15.4. The molecule has 0 bridgehead atoms. The molecule has 0 amide bonds. The Morgan fingerprint density at radius 2 is 1.52 bits per heavy atom. The summed E-state index contributed by atoms with van der Waals surface area (Å²) in [5.41, 5.74) is 5.49. The first-order valence-corrected chi connectivity index (χ1v) is 12.6. The van der Waals surface area contributed by atoms with Crippen molar-refractivity contribution in [3.05, 3.63) is 88.5 Å². The van der Waals surface area contributed by atoms with Crippen LogP contribution in [0.4, 0.5) is 0 Å². The van der Waals surface area contributed by atoms with Gasteiger partial charge in [-0.15, -0.1) is 0 Å². The van der Waals surface area contributed by atoms with Gasteiger partial charge in [0.2, 0.25) is 0 Å². The van der Waals surface area contributed by atoms with E-state index >= 15 is 0 Å². The molecule has 0 heterocycles. The highest BCUT2D eigenvalue weighted by Gasteiger charge is 2.27. The highest BCUT2D eigenvalue weighted by molar-refractivity contribution is 7.56. The van der Waals surface area contributed by atoms with Gasteiger partial charge in [0.05, 0.1) is 0 Å². The molecule has 3 aromatic carbocycles. The van der Waals surface area contributed by atoms with Crippen molar-refractivity contribution in [3.63, 3.8) is 0 Å². The fraction of sp³-hybridized carbons (Fsp3) is 0.367. The van der Waals surface area contributed by atoms with Gasteiger partial charge in [-0.1, -0.05) is 104 Å². The summed E-state index contributed by atoms with van der Waals surface area (Å²) in [7, 11) is 0.336. The monoisotopic (exact) mass is 460 g/mol. The van der Waals surface area contributed by atoms with Gasteiger partial charge in [0.1, 0.15) is 12.4 Å². The van der Waals surface area contributed by atoms with Gasteiger partial charge in [-0.3, -0.25) is 4.79 Å². The van der Waals surface area contributed by atoms with Crippen molar-refractivity contribution in [2.75, 3.05) is 0 Å². The van der Waals surface area contributed by atoms with Crippen LogP contribution in [0.15, 0.2) is 60.7 Å². The van der Waals surface area contributed by atoms with Crippen LogP contribution in [-0.2, 0) is 17.4 Å². The molecule has 1 atom stereocenters. The minimum Gasteiger partial charge on any atom is -0.488 e. The number of carbonyl (C=O) groups is 1. The average Bonchev–Trinajstić information content (AvgIpc) is 2.72. The Bertz CT molecular complexity index is 1130. The lowest BCUT2D eigenvalue weighted by molar-refractivity contribution is 0.101. The Hall–Kier alpha value is -2.44. The minimum absolute atomic E-state index is 0.00781. The van der Waals surface area contributed by atoms with E-state index in [0.717, 1.165) is 33.0 Å². The number of ether oxygens (including phenoxy) is 1. The molecule has 3 rings (SSSR count). The Morgan fingerprint density at radius 3 is 2.09 bits per heavy atom. The number of benzene rings is 3.